The van der Waals surface area contributed by atoms with E-state index < -0.39 is 31.6 Å². The fourth-order valence-electron chi connectivity index (χ4n) is 5.64. The van der Waals surface area contributed by atoms with Crippen molar-refractivity contribution in [1.29, 1.82) is 0 Å². The molecule has 2 N–H and O–H groups in total. The molecule has 2 aliphatic heterocycles. The second-order valence-corrected chi connectivity index (χ2v) is 15.2. The number of sulfonamides is 1. The lowest BCUT2D eigenvalue weighted by Crippen LogP contribution is -2.47. The molecule has 1 unspecified atom stereocenters. The molecule has 0 radical (unpaired) electrons. The third-order valence-corrected chi connectivity index (χ3v) is 11.8. The molecule has 234 valence electrons. The average molecular weight is 634 g/mol. The number of pyridine rings is 1. The van der Waals surface area contributed by atoms with Gasteiger partial charge in [0.1, 0.15) is 18.5 Å². The number of nitrogens with zero attached hydrogens (tertiary/aromatic N) is 2. The summed E-state index contributed by atoms with van der Waals surface area (Å²) in [6, 6.07) is 15.0. The van der Waals surface area contributed by atoms with Gasteiger partial charge < -0.3 is 24.6 Å². The van der Waals surface area contributed by atoms with Crippen molar-refractivity contribution in [2.75, 3.05) is 52.3 Å². The van der Waals surface area contributed by atoms with Crippen LogP contribution in [0, 0.1) is 0 Å². The molecule has 5 rings (SSSR count). The van der Waals surface area contributed by atoms with Gasteiger partial charge in [-0.25, -0.2) is 16.8 Å². The molecule has 3 heterocycles. The Bertz CT molecular complexity index is 1610. The van der Waals surface area contributed by atoms with Gasteiger partial charge in [0.15, 0.2) is 9.84 Å². The van der Waals surface area contributed by atoms with Crippen LogP contribution in [0.1, 0.15) is 25.7 Å². The van der Waals surface area contributed by atoms with E-state index in [0.29, 0.717) is 51.3 Å². The topological polar surface area (TPSA) is 144 Å². The smallest absolute Gasteiger partial charge is 0.243 e. The van der Waals surface area contributed by atoms with Crippen LogP contribution in [0.3, 0.4) is 0 Å². The molecule has 2 fully saturated rings. The minimum atomic E-state index is -3.63. The number of rotatable bonds is 13. The predicted octanol–water partition coefficient (Wildman–Crippen LogP) is 2.39. The molecule has 2 aromatic carbocycles. The van der Waals surface area contributed by atoms with Crippen molar-refractivity contribution in [2.24, 2.45) is 0 Å². The summed E-state index contributed by atoms with van der Waals surface area (Å²) in [7, 11) is -5.55. The molecule has 0 bridgehead atoms. The highest BCUT2D eigenvalue weighted by molar-refractivity contribution is 7.91. The van der Waals surface area contributed by atoms with E-state index in [0.717, 1.165) is 17.3 Å². The van der Waals surface area contributed by atoms with Gasteiger partial charge in [-0.05, 0) is 68.1 Å². The first-order chi connectivity index (χ1) is 20.6. The minimum absolute atomic E-state index is 0.00342. The monoisotopic (exact) mass is 633 g/mol. The van der Waals surface area contributed by atoms with Gasteiger partial charge in [0.25, 0.3) is 0 Å². The fourth-order valence-corrected chi connectivity index (χ4v) is 8.44. The van der Waals surface area contributed by atoms with Crippen molar-refractivity contribution in [3.63, 3.8) is 0 Å². The standard InChI is InChI=1S/C30H39N3O8S2/c1-39-15-4-16-42(35,36)27-7-2-6-26(18-27)40-22-25(34)20-32-24-19-30(41-21-24)10-13-33(14-11-30)43(37,38)28-8-9-29-23(17-28)5-3-12-31-29/h2-3,5-9,12,17-18,24-25,32,34H,4,10-11,13-16,19-22H2,1H3/t24-,25?/m1/s1. The summed E-state index contributed by atoms with van der Waals surface area (Å²) in [4.78, 5) is 4.71. The second-order valence-electron chi connectivity index (χ2n) is 11.2. The number of nitrogens with one attached hydrogen (secondary N) is 1. The van der Waals surface area contributed by atoms with Crippen molar-refractivity contribution in [1.82, 2.24) is 14.6 Å². The first-order valence-corrected chi connectivity index (χ1v) is 17.5. The van der Waals surface area contributed by atoms with E-state index >= 15 is 0 Å². The third kappa shape index (κ3) is 7.72. The number of aliphatic hydroxyl groups is 1. The van der Waals surface area contributed by atoms with Crippen molar-refractivity contribution < 1.29 is 36.2 Å². The summed E-state index contributed by atoms with van der Waals surface area (Å²) < 4.78 is 70.1. The summed E-state index contributed by atoms with van der Waals surface area (Å²) in [6.07, 6.45) is 3.18. The maximum atomic E-state index is 13.3. The highest BCUT2D eigenvalue weighted by Gasteiger charge is 2.44. The van der Waals surface area contributed by atoms with E-state index in [9.17, 15) is 21.9 Å². The van der Waals surface area contributed by atoms with E-state index in [2.05, 4.69) is 10.3 Å². The summed E-state index contributed by atoms with van der Waals surface area (Å²) >= 11 is 0. The number of fused-ring (bicyclic) bond motifs is 1. The Balaban J connectivity index is 1.07. The summed E-state index contributed by atoms with van der Waals surface area (Å²) in [5, 5.41) is 14.6. The number of hydrogen-bond acceptors (Lipinski definition) is 10. The van der Waals surface area contributed by atoms with Crippen molar-refractivity contribution in [2.45, 2.75) is 53.2 Å². The lowest BCUT2D eigenvalue weighted by atomic mass is 9.88. The fraction of sp³-hybridized carbons (Fsp3) is 0.500. The molecular weight excluding hydrogens is 594 g/mol. The summed E-state index contributed by atoms with van der Waals surface area (Å²) in [5.74, 6) is 0.356. The van der Waals surface area contributed by atoms with Crippen LogP contribution in [0.15, 0.2) is 70.6 Å². The van der Waals surface area contributed by atoms with E-state index in [1.54, 1.807) is 42.6 Å². The van der Waals surface area contributed by atoms with Crippen LogP contribution in [-0.2, 0) is 29.3 Å². The quantitative estimate of drug-likeness (QED) is 0.269. The number of ether oxygens (including phenoxy) is 3. The molecule has 0 amide bonds. The molecule has 0 saturated carbocycles. The van der Waals surface area contributed by atoms with Crippen LogP contribution < -0.4 is 10.1 Å². The molecule has 2 aliphatic rings. The number of aromatic nitrogens is 1. The Morgan fingerprint density at radius 2 is 1.91 bits per heavy atom. The van der Waals surface area contributed by atoms with Gasteiger partial charge in [-0.3, -0.25) is 4.98 Å². The molecule has 1 spiro atoms. The number of benzene rings is 2. The second kappa shape index (κ2) is 13.6. The zero-order chi connectivity index (χ0) is 30.5. The zero-order valence-electron chi connectivity index (χ0n) is 24.2. The van der Waals surface area contributed by atoms with Crippen LogP contribution in [0.5, 0.6) is 5.75 Å². The first-order valence-electron chi connectivity index (χ1n) is 14.5. The molecule has 0 aliphatic carbocycles. The lowest BCUT2D eigenvalue weighted by molar-refractivity contribution is -0.0312. The van der Waals surface area contributed by atoms with E-state index in [-0.39, 0.29) is 34.7 Å². The van der Waals surface area contributed by atoms with Crippen molar-refractivity contribution in [3.8, 4) is 5.75 Å². The number of piperidine rings is 1. The minimum Gasteiger partial charge on any atom is -0.491 e. The van der Waals surface area contributed by atoms with Crippen LogP contribution >= 0.6 is 0 Å². The van der Waals surface area contributed by atoms with Crippen LogP contribution in [-0.4, -0.2) is 101 Å². The van der Waals surface area contributed by atoms with Gasteiger partial charge in [-0.1, -0.05) is 12.1 Å². The number of hydrogen-bond donors (Lipinski definition) is 2. The maximum absolute atomic E-state index is 13.3. The third-order valence-electron chi connectivity index (χ3n) is 8.07. The van der Waals surface area contributed by atoms with Crippen LogP contribution in [0.25, 0.3) is 10.9 Å². The first kappa shape index (κ1) is 31.8. The maximum Gasteiger partial charge on any atom is 0.243 e. The molecule has 43 heavy (non-hydrogen) atoms. The summed E-state index contributed by atoms with van der Waals surface area (Å²) in [6.45, 7) is 1.86. The zero-order valence-corrected chi connectivity index (χ0v) is 25.9. The van der Waals surface area contributed by atoms with E-state index in [4.69, 9.17) is 14.2 Å². The van der Waals surface area contributed by atoms with Crippen LogP contribution in [0.4, 0.5) is 0 Å². The van der Waals surface area contributed by atoms with Crippen molar-refractivity contribution in [3.05, 3.63) is 60.8 Å². The SMILES string of the molecule is COCCCS(=O)(=O)c1cccc(OCC(O)CN[C@H]2COC3(CCN(S(=O)(=O)c4ccc5ncccc5c4)CC3)C2)c1. The van der Waals surface area contributed by atoms with Gasteiger partial charge in [0.05, 0.1) is 33.3 Å². The van der Waals surface area contributed by atoms with Crippen molar-refractivity contribution >= 4 is 30.8 Å². The van der Waals surface area contributed by atoms with Crippen LogP contribution in [0.2, 0.25) is 0 Å². The Morgan fingerprint density at radius 3 is 2.70 bits per heavy atom. The Morgan fingerprint density at radius 1 is 1.09 bits per heavy atom. The number of methoxy groups -OCH3 is 1. The molecule has 11 nitrogen and oxygen atoms in total. The summed E-state index contributed by atoms with van der Waals surface area (Å²) in [5.41, 5.74) is 0.357. The predicted molar refractivity (Wildman–Crippen MR) is 161 cm³/mol. The lowest BCUT2D eigenvalue weighted by Gasteiger charge is -2.38. The van der Waals surface area contributed by atoms with Gasteiger partial charge in [-0.15, -0.1) is 0 Å². The normalized spacial score (nSPS) is 20.0. The van der Waals surface area contributed by atoms with Gasteiger partial charge in [0, 0.05) is 51.0 Å². The molecule has 3 aromatic rings. The number of aliphatic hydroxyl groups excluding tert-OH is 1. The molecule has 2 saturated heterocycles. The molecule has 1 aromatic heterocycles. The Kier molecular flexibility index (Phi) is 10.0. The average Bonchev–Trinajstić information content (AvgIpc) is 3.41. The highest BCUT2D eigenvalue weighted by atomic mass is 32.2. The van der Waals surface area contributed by atoms with Gasteiger partial charge in [-0.2, -0.15) is 4.31 Å². The largest absolute Gasteiger partial charge is 0.491 e. The Hall–Kier alpha value is -2.65. The Labute approximate surface area is 253 Å². The van der Waals surface area contributed by atoms with E-state index in [1.165, 1.54) is 23.5 Å². The molecular formula is C30H39N3O8S2. The van der Waals surface area contributed by atoms with Gasteiger partial charge >= 0.3 is 0 Å². The highest BCUT2D eigenvalue weighted by Crippen LogP contribution is 2.37. The van der Waals surface area contributed by atoms with E-state index in [1.807, 2.05) is 6.07 Å². The molecule has 13 heteroatoms. The number of sulfone groups is 1. The molecule has 2 atom stereocenters. The van der Waals surface area contributed by atoms with Gasteiger partial charge in [0.2, 0.25) is 10.0 Å².